The van der Waals surface area contributed by atoms with Gasteiger partial charge >= 0.3 is 0 Å². The van der Waals surface area contributed by atoms with E-state index < -0.39 is 0 Å². The van der Waals surface area contributed by atoms with Crippen LogP contribution in [0.4, 0.5) is 0 Å². The van der Waals surface area contributed by atoms with E-state index in [0.717, 1.165) is 12.8 Å². The standard InChI is InChI=1S/C11H18/c1-5-7-8-11(4)9-10(3)6-2/h5-6,8H,1,7,9H2,2-4H3/b10-6+,11-8+. The predicted molar refractivity (Wildman–Crippen MR) is 52.6 cm³/mol. The number of rotatable bonds is 4. The highest BCUT2D eigenvalue weighted by Gasteiger charge is 1.89. The minimum atomic E-state index is 0.989. The molecule has 0 fully saturated rings. The van der Waals surface area contributed by atoms with Gasteiger partial charge in [-0.15, -0.1) is 6.58 Å². The van der Waals surface area contributed by atoms with Crippen LogP contribution in [0.5, 0.6) is 0 Å². The van der Waals surface area contributed by atoms with Crippen molar-refractivity contribution in [3.63, 3.8) is 0 Å². The van der Waals surface area contributed by atoms with E-state index in [1.54, 1.807) is 0 Å². The summed E-state index contributed by atoms with van der Waals surface area (Å²) in [7, 11) is 0. The van der Waals surface area contributed by atoms with Crippen molar-refractivity contribution in [3.05, 3.63) is 36.0 Å². The molecule has 0 radical (unpaired) electrons. The molecule has 0 aromatic carbocycles. The van der Waals surface area contributed by atoms with Crippen LogP contribution in [0, 0.1) is 0 Å². The first kappa shape index (κ1) is 10.2. The lowest BCUT2D eigenvalue weighted by Gasteiger charge is -1.99. The molecule has 0 atom stereocenters. The number of hydrogen-bond acceptors (Lipinski definition) is 0. The van der Waals surface area contributed by atoms with Gasteiger partial charge in [-0.05, 0) is 33.6 Å². The summed E-state index contributed by atoms with van der Waals surface area (Å²) in [6.07, 6.45) is 8.40. The van der Waals surface area contributed by atoms with Crippen LogP contribution in [0.3, 0.4) is 0 Å². The van der Waals surface area contributed by atoms with Gasteiger partial charge in [-0.1, -0.05) is 29.4 Å². The molecule has 0 nitrogen and oxygen atoms in total. The van der Waals surface area contributed by atoms with E-state index in [4.69, 9.17) is 0 Å². The molecule has 0 N–H and O–H groups in total. The van der Waals surface area contributed by atoms with Crippen LogP contribution < -0.4 is 0 Å². The van der Waals surface area contributed by atoms with Crippen molar-refractivity contribution in [2.45, 2.75) is 33.6 Å². The lowest BCUT2D eigenvalue weighted by Crippen LogP contribution is -1.78. The molecule has 0 aromatic heterocycles. The Balaban J connectivity index is 3.85. The average Bonchev–Trinajstić information content (AvgIpc) is 2.00. The summed E-state index contributed by atoms with van der Waals surface area (Å²) in [5.41, 5.74) is 2.86. The predicted octanol–water partition coefficient (Wildman–Crippen LogP) is 3.87. The van der Waals surface area contributed by atoms with Crippen molar-refractivity contribution in [1.82, 2.24) is 0 Å². The minimum Gasteiger partial charge on any atom is -0.103 e. The second kappa shape index (κ2) is 5.96. The van der Waals surface area contributed by atoms with Gasteiger partial charge in [0, 0.05) is 0 Å². The van der Waals surface area contributed by atoms with E-state index in [1.807, 2.05) is 6.08 Å². The zero-order valence-electron chi connectivity index (χ0n) is 7.85. The molecule has 0 bridgehead atoms. The second-order valence-electron chi connectivity index (χ2n) is 2.89. The SMILES string of the molecule is C=CC/C=C(\C)C/C(C)=C/C. The number of hydrogen-bond donors (Lipinski definition) is 0. The van der Waals surface area contributed by atoms with Crippen LogP contribution in [-0.4, -0.2) is 0 Å². The number of allylic oxidation sites excluding steroid dienone is 5. The Labute approximate surface area is 70.3 Å². The van der Waals surface area contributed by atoms with Gasteiger partial charge < -0.3 is 0 Å². The molecule has 0 amide bonds. The van der Waals surface area contributed by atoms with E-state index in [2.05, 4.69) is 39.5 Å². The van der Waals surface area contributed by atoms with Crippen molar-refractivity contribution < 1.29 is 0 Å². The van der Waals surface area contributed by atoms with Crippen LogP contribution in [0.15, 0.2) is 36.0 Å². The van der Waals surface area contributed by atoms with Gasteiger partial charge in [0.15, 0.2) is 0 Å². The third-order valence-corrected chi connectivity index (χ3v) is 1.68. The summed E-state index contributed by atoms with van der Waals surface area (Å²) in [5, 5.41) is 0. The highest BCUT2D eigenvalue weighted by atomic mass is 14.0. The molecule has 0 aromatic rings. The summed E-state index contributed by atoms with van der Waals surface area (Å²) in [6, 6.07) is 0. The summed E-state index contributed by atoms with van der Waals surface area (Å²) in [5.74, 6) is 0. The van der Waals surface area contributed by atoms with E-state index in [0.29, 0.717) is 0 Å². The van der Waals surface area contributed by atoms with Crippen LogP contribution in [0.1, 0.15) is 33.6 Å². The minimum absolute atomic E-state index is 0.989. The first-order valence-electron chi connectivity index (χ1n) is 4.09. The topological polar surface area (TPSA) is 0 Å². The van der Waals surface area contributed by atoms with Crippen molar-refractivity contribution in [2.75, 3.05) is 0 Å². The lowest BCUT2D eigenvalue weighted by atomic mass is 10.1. The zero-order chi connectivity index (χ0) is 8.69. The molecule has 0 aliphatic rings. The fourth-order valence-electron chi connectivity index (χ4n) is 0.899. The summed E-state index contributed by atoms with van der Waals surface area (Å²) in [4.78, 5) is 0. The molecular weight excluding hydrogens is 132 g/mol. The molecule has 0 heteroatoms. The van der Waals surface area contributed by atoms with Crippen molar-refractivity contribution in [1.29, 1.82) is 0 Å². The van der Waals surface area contributed by atoms with Gasteiger partial charge in [0.1, 0.15) is 0 Å². The third kappa shape index (κ3) is 5.65. The molecule has 0 saturated heterocycles. The second-order valence-corrected chi connectivity index (χ2v) is 2.89. The van der Waals surface area contributed by atoms with Gasteiger partial charge in [0.05, 0.1) is 0 Å². The molecule has 0 aliphatic carbocycles. The molecule has 62 valence electrons. The highest BCUT2D eigenvalue weighted by molar-refractivity contribution is 5.12. The van der Waals surface area contributed by atoms with E-state index in [-0.39, 0.29) is 0 Å². The maximum Gasteiger partial charge on any atom is -0.0114 e. The quantitative estimate of drug-likeness (QED) is 0.534. The maximum atomic E-state index is 3.67. The van der Waals surface area contributed by atoms with Gasteiger partial charge in [-0.25, -0.2) is 0 Å². The van der Waals surface area contributed by atoms with Crippen LogP contribution in [-0.2, 0) is 0 Å². The zero-order valence-corrected chi connectivity index (χ0v) is 7.85. The Morgan fingerprint density at radius 1 is 1.27 bits per heavy atom. The maximum absolute atomic E-state index is 3.67. The molecule has 0 saturated carbocycles. The first-order valence-corrected chi connectivity index (χ1v) is 4.09. The highest BCUT2D eigenvalue weighted by Crippen LogP contribution is 2.09. The molecule has 0 unspecified atom stereocenters. The van der Waals surface area contributed by atoms with E-state index in [1.165, 1.54) is 11.1 Å². The molecule has 0 heterocycles. The Morgan fingerprint density at radius 2 is 1.91 bits per heavy atom. The molecule has 11 heavy (non-hydrogen) atoms. The fraction of sp³-hybridized carbons (Fsp3) is 0.455. The summed E-state index contributed by atoms with van der Waals surface area (Å²) < 4.78 is 0. The lowest BCUT2D eigenvalue weighted by molar-refractivity contribution is 1.08. The van der Waals surface area contributed by atoms with Crippen LogP contribution in [0.2, 0.25) is 0 Å². The average molecular weight is 150 g/mol. The van der Waals surface area contributed by atoms with E-state index in [9.17, 15) is 0 Å². The van der Waals surface area contributed by atoms with Crippen LogP contribution >= 0.6 is 0 Å². The first-order chi connectivity index (χ1) is 5.20. The summed E-state index contributed by atoms with van der Waals surface area (Å²) >= 11 is 0. The molecule has 0 rings (SSSR count). The van der Waals surface area contributed by atoms with Crippen molar-refractivity contribution >= 4 is 0 Å². The van der Waals surface area contributed by atoms with Gasteiger partial charge in [-0.2, -0.15) is 0 Å². The van der Waals surface area contributed by atoms with Gasteiger partial charge in [0.2, 0.25) is 0 Å². The molecule has 0 aliphatic heterocycles. The largest absolute Gasteiger partial charge is 0.103 e. The Bertz CT molecular complexity index is 170. The fourth-order valence-corrected chi connectivity index (χ4v) is 0.899. The van der Waals surface area contributed by atoms with Gasteiger partial charge in [-0.3, -0.25) is 0 Å². The van der Waals surface area contributed by atoms with E-state index >= 15 is 0 Å². The Kier molecular flexibility index (Phi) is 5.54. The Hall–Kier alpha value is -0.780. The van der Waals surface area contributed by atoms with Crippen LogP contribution in [0.25, 0.3) is 0 Å². The monoisotopic (exact) mass is 150 g/mol. The third-order valence-electron chi connectivity index (χ3n) is 1.68. The van der Waals surface area contributed by atoms with Gasteiger partial charge in [0.25, 0.3) is 0 Å². The molecular formula is C11H18. The Morgan fingerprint density at radius 3 is 2.36 bits per heavy atom. The smallest absolute Gasteiger partial charge is 0.0114 e. The normalized spacial score (nSPS) is 13.4. The van der Waals surface area contributed by atoms with Crippen molar-refractivity contribution in [3.8, 4) is 0 Å². The molecule has 0 spiro atoms. The van der Waals surface area contributed by atoms with Crippen molar-refractivity contribution in [2.24, 2.45) is 0 Å². The summed E-state index contributed by atoms with van der Waals surface area (Å²) in [6.45, 7) is 10.1.